The Morgan fingerprint density at radius 2 is 1.83 bits per heavy atom. The fourth-order valence-corrected chi connectivity index (χ4v) is 2.15. The molecule has 0 aliphatic rings. The minimum Gasteiger partial charge on any atom is -0.404 e. The van der Waals surface area contributed by atoms with E-state index in [1.54, 1.807) is 0 Å². The van der Waals surface area contributed by atoms with E-state index in [9.17, 15) is 31.1 Å². The molecule has 23 heavy (non-hydrogen) atoms. The van der Waals surface area contributed by atoms with Gasteiger partial charge < -0.3 is 14.4 Å². The molecule has 0 spiro atoms. The molecule has 0 fully saturated rings. The number of alkyl halides is 6. The van der Waals surface area contributed by atoms with Gasteiger partial charge in [0, 0.05) is 18.1 Å². The van der Waals surface area contributed by atoms with E-state index in [-0.39, 0.29) is 17.4 Å². The average molecular weight is 341 g/mol. The predicted octanol–water partition coefficient (Wildman–Crippen LogP) is 3.28. The van der Waals surface area contributed by atoms with Crippen LogP contribution in [-0.2, 0) is 6.54 Å². The van der Waals surface area contributed by atoms with Crippen molar-refractivity contribution >= 4 is 16.7 Å². The van der Waals surface area contributed by atoms with E-state index >= 15 is 0 Å². The molecule has 1 aromatic carbocycles. The third kappa shape index (κ3) is 3.58. The first-order valence-electron chi connectivity index (χ1n) is 6.14. The Morgan fingerprint density at radius 3 is 2.35 bits per heavy atom. The molecule has 0 aliphatic heterocycles. The molecule has 2 rings (SSSR count). The van der Waals surface area contributed by atoms with Gasteiger partial charge in [-0.1, -0.05) is 12.1 Å². The molecule has 1 heterocycles. The van der Waals surface area contributed by atoms with E-state index in [4.69, 9.17) is 5.11 Å². The molecule has 4 nitrogen and oxygen atoms in total. The van der Waals surface area contributed by atoms with Crippen LogP contribution in [-0.4, -0.2) is 34.6 Å². The number of aliphatic hydroxyl groups is 1. The first-order chi connectivity index (χ1) is 10.5. The molecule has 0 saturated carbocycles. The maximum Gasteiger partial charge on any atom is 0.573 e. The number of para-hydroxylation sites is 1. The highest BCUT2D eigenvalue weighted by atomic mass is 19.4. The highest BCUT2D eigenvalue weighted by Gasteiger charge is 2.41. The zero-order valence-corrected chi connectivity index (χ0v) is 11.2. The quantitative estimate of drug-likeness (QED) is 0.686. The first-order valence-corrected chi connectivity index (χ1v) is 6.14. The Morgan fingerprint density at radius 1 is 1.17 bits per heavy atom. The van der Waals surface area contributed by atoms with Gasteiger partial charge in [-0.25, -0.2) is 0 Å². The molecular formula is C13H9F6NO3. The summed E-state index contributed by atoms with van der Waals surface area (Å²) in [6.07, 6.45) is -9.49. The minimum absolute atomic E-state index is 0.306. The van der Waals surface area contributed by atoms with Gasteiger partial charge in [-0.3, -0.25) is 4.79 Å². The van der Waals surface area contributed by atoms with Crippen LogP contribution in [0.25, 0.3) is 10.9 Å². The largest absolute Gasteiger partial charge is 0.573 e. The standard InChI is InChI=1S/C13H9F6NO3/c14-12(15,16)11(22)8-6-20(4-5-21)10-7(8)2-1-3-9(10)23-13(17,18)19/h1-3,6,21H,4-5H2. The van der Waals surface area contributed by atoms with Crippen LogP contribution >= 0.6 is 0 Å². The van der Waals surface area contributed by atoms with Crippen LogP contribution < -0.4 is 4.74 Å². The van der Waals surface area contributed by atoms with Gasteiger partial charge in [0.1, 0.15) is 0 Å². The lowest BCUT2D eigenvalue weighted by molar-refractivity contribution is -0.274. The van der Waals surface area contributed by atoms with Crippen molar-refractivity contribution < 1.29 is 41.0 Å². The van der Waals surface area contributed by atoms with E-state index in [1.165, 1.54) is 0 Å². The SMILES string of the molecule is O=C(c1cn(CCO)c2c(OC(F)(F)F)cccc12)C(F)(F)F. The zero-order chi connectivity index (χ0) is 17.4. The predicted molar refractivity (Wildman–Crippen MR) is 66.1 cm³/mol. The maximum absolute atomic E-state index is 12.6. The molecular weight excluding hydrogens is 332 g/mol. The van der Waals surface area contributed by atoms with Gasteiger partial charge >= 0.3 is 12.5 Å². The number of fused-ring (bicyclic) bond motifs is 1. The Labute approximate surface area is 124 Å². The monoisotopic (exact) mass is 341 g/mol. The summed E-state index contributed by atoms with van der Waals surface area (Å²) in [5, 5.41) is 8.57. The maximum atomic E-state index is 12.6. The molecule has 126 valence electrons. The van der Waals surface area contributed by atoms with E-state index in [2.05, 4.69) is 4.74 Å². The summed E-state index contributed by atoms with van der Waals surface area (Å²) in [5.74, 6) is -2.95. The van der Waals surface area contributed by atoms with Crippen molar-refractivity contribution in [3.63, 3.8) is 0 Å². The van der Waals surface area contributed by atoms with E-state index in [0.717, 1.165) is 29.0 Å². The van der Waals surface area contributed by atoms with E-state index < -0.39 is 36.2 Å². The molecule has 1 N–H and O–H groups in total. The lowest BCUT2D eigenvalue weighted by Crippen LogP contribution is -2.22. The van der Waals surface area contributed by atoms with Crippen LogP contribution in [0.1, 0.15) is 10.4 Å². The van der Waals surface area contributed by atoms with Crippen LogP contribution in [0.3, 0.4) is 0 Å². The number of nitrogens with zero attached hydrogens (tertiary/aromatic N) is 1. The van der Waals surface area contributed by atoms with Crippen molar-refractivity contribution in [1.82, 2.24) is 4.57 Å². The Balaban J connectivity index is 2.69. The zero-order valence-electron chi connectivity index (χ0n) is 11.2. The van der Waals surface area contributed by atoms with Gasteiger partial charge in [-0.15, -0.1) is 13.2 Å². The van der Waals surface area contributed by atoms with Gasteiger partial charge in [-0.2, -0.15) is 13.2 Å². The van der Waals surface area contributed by atoms with E-state index in [0.29, 0.717) is 0 Å². The van der Waals surface area contributed by atoms with Gasteiger partial charge in [0.2, 0.25) is 0 Å². The number of hydrogen-bond donors (Lipinski definition) is 1. The van der Waals surface area contributed by atoms with Crippen molar-refractivity contribution in [3.05, 3.63) is 30.0 Å². The number of hydrogen-bond acceptors (Lipinski definition) is 3. The van der Waals surface area contributed by atoms with Crippen molar-refractivity contribution in [1.29, 1.82) is 0 Å². The average Bonchev–Trinajstić information content (AvgIpc) is 2.75. The van der Waals surface area contributed by atoms with Crippen molar-refractivity contribution in [3.8, 4) is 5.75 Å². The summed E-state index contributed by atoms with van der Waals surface area (Å²) in [5.41, 5.74) is -1.17. The molecule has 0 unspecified atom stereocenters. The molecule has 1 aromatic heterocycles. The molecule has 0 saturated heterocycles. The van der Waals surface area contributed by atoms with E-state index in [1.807, 2.05) is 0 Å². The van der Waals surface area contributed by atoms with Gasteiger partial charge in [0.05, 0.1) is 17.7 Å². The third-order valence-electron chi connectivity index (χ3n) is 2.93. The van der Waals surface area contributed by atoms with Crippen LogP contribution in [0.2, 0.25) is 0 Å². The van der Waals surface area contributed by atoms with Gasteiger partial charge in [-0.05, 0) is 6.07 Å². The Bertz CT molecular complexity index is 732. The summed E-state index contributed by atoms with van der Waals surface area (Å²) in [7, 11) is 0. The topological polar surface area (TPSA) is 51.5 Å². The fourth-order valence-electron chi connectivity index (χ4n) is 2.15. The number of Topliss-reactive ketones (excluding diaryl/α,β-unsaturated/α-hetero) is 1. The van der Waals surface area contributed by atoms with Crippen molar-refractivity contribution in [2.45, 2.75) is 19.1 Å². The first kappa shape index (κ1) is 17.1. The number of ether oxygens (including phenoxy) is 1. The smallest absolute Gasteiger partial charge is 0.404 e. The molecule has 2 aromatic rings. The summed E-state index contributed by atoms with van der Waals surface area (Å²) >= 11 is 0. The summed E-state index contributed by atoms with van der Waals surface area (Å²) in [4.78, 5) is 11.4. The van der Waals surface area contributed by atoms with Crippen LogP contribution in [0.5, 0.6) is 5.75 Å². The molecule has 0 radical (unpaired) electrons. The van der Waals surface area contributed by atoms with Crippen LogP contribution in [0, 0.1) is 0 Å². The lowest BCUT2D eigenvalue weighted by atomic mass is 10.1. The van der Waals surface area contributed by atoms with Gasteiger partial charge in [0.25, 0.3) is 5.78 Å². The highest BCUT2D eigenvalue weighted by molar-refractivity contribution is 6.11. The number of benzene rings is 1. The number of carbonyl (C=O) groups is 1. The molecule has 0 amide bonds. The van der Waals surface area contributed by atoms with Crippen LogP contribution in [0.15, 0.2) is 24.4 Å². The third-order valence-corrected chi connectivity index (χ3v) is 2.93. The summed E-state index contributed by atoms with van der Waals surface area (Å²) < 4.78 is 79.8. The normalized spacial score (nSPS) is 12.7. The van der Waals surface area contributed by atoms with Crippen molar-refractivity contribution in [2.24, 2.45) is 0 Å². The Hall–Kier alpha value is -2.23. The number of aromatic nitrogens is 1. The lowest BCUT2D eigenvalue weighted by Gasteiger charge is -2.12. The van der Waals surface area contributed by atoms with Crippen LogP contribution in [0.4, 0.5) is 26.3 Å². The molecule has 0 bridgehead atoms. The van der Waals surface area contributed by atoms with Crippen molar-refractivity contribution in [2.75, 3.05) is 6.61 Å². The number of rotatable bonds is 4. The summed E-state index contributed by atoms with van der Waals surface area (Å²) in [6, 6.07) is 3.02. The number of aliphatic hydroxyl groups excluding tert-OH is 1. The fraction of sp³-hybridized carbons (Fsp3) is 0.308. The number of halogens is 6. The second kappa shape index (κ2) is 5.76. The number of ketones is 1. The molecule has 10 heteroatoms. The second-order valence-corrected chi connectivity index (χ2v) is 4.49. The highest BCUT2D eigenvalue weighted by Crippen LogP contribution is 2.35. The molecule has 0 atom stereocenters. The Kier molecular flexibility index (Phi) is 4.29. The van der Waals surface area contributed by atoms with Gasteiger partial charge in [0.15, 0.2) is 5.75 Å². The summed E-state index contributed by atoms with van der Waals surface area (Å²) in [6.45, 7) is -0.857. The second-order valence-electron chi connectivity index (χ2n) is 4.49. The number of carbonyl (C=O) groups excluding carboxylic acids is 1. The minimum atomic E-state index is -5.18. The molecule has 0 aliphatic carbocycles.